The third-order valence-corrected chi connectivity index (χ3v) is 5.18. The van der Waals surface area contributed by atoms with Gasteiger partial charge in [-0.3, -0.25) is 0 Å². The fourth-order valence-corrected chi connectivity index (χ4v) is 3.62. The largest absolute Gasteiger partial charge is 0.497 e. The minimum atomic E-state index is -0.256. The SMILES string of the molecule is COCOC1C(C)C(CCCOCc2ccc(OC)cc2)OC(OC)C1C. The van der Waals surface area contributed by atoms with Crippen molar-refractivity contribution in [3.8, 4) is 5.75 Å². The normalized spacial score (nSPS) is 28.3. The van der Waals surface area contributed by atoms with Crippen molar-refractivity contribution in [2.75, 3.05) is 34.7 Å². The number of methoxy groups -OCH3 is 3. The van der Waals surface area contributed by atoms with Crippen molar-refractivity contribution in [1.82, 2.24) is 0 Å². The zero-order chi connectivity index (χ0) is 19.6. The molecule has 1 aromatic rings. The van der Waals surface area contributed by atoms with Gasteiger partial charge in [-0.1, -0.05) is 26.0 Å². The highest BCUT2D eigenvalue weighted by atomic mass is 16.7. The second-order valence-corrected chi connectivity index (χ2v) is 7.08. The van der Waals surface area contributed by atoms with Crippen LogP contribution >= 0.6 is 0 Å². The summed E-state index contributed by atoms with van der Waals surface area (Å²) in [5.41, 5.74) is 1.14. The van der Waals surface area contributed by atoms with Crippen LogP contribution in [0.3, 0.4) is 0 Å². The summed E-state index contributed by atoms with van der Waals surface area (Å²) in [5.74, 6) is 1.28. The maximum Gasteiger partial charge on any atom is 0.162 e. The summed E-state index contributed by atoms with van der Waals surface area (Å²) in [6.07, 6.45) is 1.70. The molecule has 0 radical (unpaired) electrons. The van der Waals surface area contributed by atoms with E-state index in [-0.39, 0.29) is 37.1 Å². The van der Waals surface area contributed by atoms with E-state index in [1.54, 1.807) is 21.3 Å². The van der Waals surface area contributed by atoms with Crippen molar-refractivity contribution in [1.29, 1.82) is 0 Å². The lowest BCUT2D eigenvalue weighted by molar-refractivity contribution is -0.271. The van der Waals surface area contributed by atoms with Crippen LogP contribution in [0.2, 0.25) is 0 Å². The molecule has 0 spiro atoms. The van der Waals surface area contributed by atoms with E-state index < -0.39 is 0 Å². The van der Waals surface area contributed by atoms with Gasteiger partial charge in [0.25, 0.3) is 0 Å². The number of hydrogen-bond acceptors (Lipinski definition) is 6. The number of hydrogen-bond donors (Lipinski definition) is 0. The van der Waals surface area contributed by atoms with E-state index in [9.17, 15) is 0 Å². The zero-order valence-corrected chi connectivity index (χ0v) is 17.2. The van der Waals surface area contributed by atoms with Gasteiger partial charge in [-0.05, 0) is 30.5 Å². The molecule has 0 amide bonds. The monoisotopic (exact) mass is 382 g/mol. The Hall–Kier alpha value is -1.18. The highest BCUT2D eigenvalue weighted by Crippen LogP contribution is 2.34. The minimum Gasteiger partial charge on any atom is -0.497 e. The molecule has 1 saturated heterocycles. The van der Waals surface area contributed by atoms with Crippen LogP contribution in [0.25, 0.3) is 0 Å². The van der Waals surface area contributed by atoms with Crippen LogP contribution in [0.4, 0.5) is 0 Å². The van der Waals surface area contributed by atoms with Gasteiger partial charge in [-0.2, -0.15) is 0 Å². The fourth-order valence-electron chi connectivity index (χ4n) is 3.62. The highest BCUT2D eigenvalue weighted by Gasteiger charge is 2.42. The number of benzene rings is 1. The molecule has 0 bridgehead atoms. The molecule has 6 nitrogen and oxygen atoms in total. The molecular weight excluding hydrogens is 348 g/mol. The van der Waals surface area contributed by atoms with Gasteiger partial charge in [0.15, 0.2) is 6.29 Å². The molecule has 0 aromatic heterocycles. The Kier molecular flexibility index (Phi) is 9.51. The Morgan fingerprint density at radius 3 is 2.37 bits per heavy atom. The minimum absolute atomic E-state index is 0.0499. The maximum atomic E-state index is 6.15. The first-order valence-electron chi connectivity index (χ1n) is 9.60. The van der Waals surface area contributed by atoms with Gasteiger partial charge in [-0.25, -0.2) is 0 Å². The molecule has 154 valence electrons. The second-order valence-electron chi connectivity index (χ2n) is 7.08. The van der Waals surface area contributed by atoms with Crippen molar-refractivity contribution in [2.24, 2.45) is 11.8 Å². The van der Waals surface area contributed by atoms with Gasteiger partial charge < -0.3 is 28.4 Å². The van der Waals surface area contributed by atoms with Crippen LogP contribution in [-0.2, 0) is 30.3 Å². The zero-order valence-electron chi connectivity index (χ0n) is 17.2. The first-order chi connectivity index (χ1) is 13.1. The first kappa shape index (κ1) is 22.1. The smallest absolute Gasteiger partial charge is 0.162 e. The van der Waals surface area contributed by atoms with Crippen molar-refractivity contribution >= 4 is 0 Å². The van der Waals surface area contributed by atoms with E-state index in [1.807, 2.05) is 24.3 Å². The lowest BCUT2D eigenvalue weighted by atomic mass is 9.84. The summed E-state index contributed by atoms with van der Waals surface area (Å²) in [5, 5.41) is 0. The van der Waals surface area contributed by atoms with E-state index in [2.05, 4.69) is 13.8 Å². The summed E-state index contributed by atoms with van der Waals surface area (Å²) >= 11 is 0. The van der Waals surface area contributed by atoms with E-state index in [0.29, 0.717) is 13.2 Å². The molecule has 27 heavy (non-hydrogen) atoms. The molecule has 0 saturated carbocycles. The number of ether oxygens (including phenoxy) is 6. The second kappa shape index (κ2) is 11.6. The molecule has 6 heteroatoms. The van der Waals surface area contributed by atoms with Gasteiger partial charge in [0.1, 0.15) is 12.5 Å². The summed E-state index contributed by atoms with van der Waals surface area (Å²) in [6, 6.07) is 7.94. The van der Waals surface area contributed by atoms with Gasteiger partial charge in [-0.15, -0.1) is 0 Å². The van der Waals surface area contributed by atoms with Crippen molar-refractivity contribution < 1.29 is 28.4 Å². The molecule has 0 aliphatic carbocycles. The van der Waals surface area contributed by atoms with Gasteiger partial charge in [0, 0.05) is 32.7 Å². The van der Waals surface area contributed by atoms with Gasteiger partial charge >= 0.3 is 0 Å². The van der Waals surface area contributed by atoms with E-state index in [4.69, 9.17) is 28.4 Å². The molecule has 5 atom stereocenters. The van der Waals surface area contributed by atoms with Crippen LogP contribution in [0.15, 0.2) is 24.3 Å². The molecule has 2 rings (SSSR count). The standard InChI is InChI=1S/C21H34O6/c1-15-19(27-21(24-5)16(2)20(15)26-14-22-3)7-6-12-25-13-17-8-10-18(23-4)11-9-17/h8-11,15-16,19-21H,6-7,12-14H2,1-5H3. The third-order valence-electron chi connectivity index (χ3n) is 5.18. The van der Waals surface area contributed by atoms with Crippen LogP contribution in [0.1, 0.15) is 32.3 Å². The third kappa shape index (κ3) is 6.43. The Morgan fingerprint density at radius 2 is 1.74 bits per heavy atom. The van der Waals surface area contributed by atoms with E-state index >= 15 is 0 Å². The fraction of sp³-hybridized carbons (Fsp3) is 0.714. The highest BCUT2D eigenvalue weighted by molar-refractivity contribution is 5.26. The molecule has 1 aromatic carbocycles. The van der Waals surface area contributed by atoms with Crippen LogP contribution in [0, 0.1) is 11.8 Å². The molecule has 1 aliphatic rings. The predicted octanol–water partition coefficient (Wildman–Crippen LogP) is 3.62. The lowest BCUT2D eigenvalue weighted by Crippen LogP contribution is -2.50. The Bertz CT molecular complexity index is 520. The average Bonchev–Trinajstić information content (AvgIpc) is 2.69. The van der Waals surface area contributed by atoms with Crippen molar-refractivity contribution in [3.05, 3.63) is 29.8 Å². The summed E-state index contributed by atoms with van der Waals surface area (Å²) in [4.78, 5) is 0. The van der Waals surface area contributed by atoms with Gasteiger partial charge in [0.2, 0.25) is 0 Å². The maximum absolute atomic E-state index is 6.15. The topological polar surface area (TPSA) is 55.4 Å². The lowest BCUT2D eigenvalue weighted by Gasteiger charge is -2.44. The molecule has 0 N–H and O–H groups in total. The molecule has 1 aliphatic heterocycles. The first-order valence-corrected chi connectivity index (χ1v) is 9.60. The van der Waals surface area contributed by atoms with Gasteiger partial charge in [0.05, 0.1) is 25.9 Å². The molecular formula is C21H34O6. The number of rotatable bonds is 11. The summed E-state index contributed by atoms with van der Waals surface area (Å²) in [6.45, 7) is 5.84. The van der Waals surface area contributed by atoms with E-state index in [1.165, 1.54) is 0 Å². The van der Waals surface area contributed by atoms with Crippen LogP contribution < -0.4 is 4.74 Å². The predicted molar refractivity (Wildman–Crippen MR) is 103 cm³/mol. The van der Waals surface area contributed by atoms with Crippen LogP contribution in [0.5, 0.6) is 5.75 Å². The molecule has 1 heterocycles. The van der Waals surface area contributed by atoms with Crippen molar-refractivity contribution in [3.63, 3.8) is 0 Å². The average molecular weight is 382 g/mol. The quantitative estimate of drug-likeness (QED) is 0.430. The molecule has 5 unspecified atom stereocenters. The molecule has 1 fully saturated rings. The van der Waals surface area contributed by atoms with Crippen LogP contribution in [-0.4, -0.2) is 53.2 Å². The Labute approximate surface area is 163 Å². The van der Waals surface area contributed by atoms with E-state index in [0.717, 1.165) is 24.2 Å². The summed E-state index contributed by atoms with van der Waals surface area (Å²) in [7, 11) is 4.99. The van der Waals surface area contributed by atoms with Crippen molar-refractivity contribution in [2.45, 2.75) is 51.8 Å². The Morgan fingerprint density at radius 1 is 1.00 bits per heavy atom. The summed E-state index contributed by atoms with van der Waals surface area (Å²) < 4.78 is 33.6. The Balaban J connectivity index is 1.75.